The van der Waals surface area contributed by atoms with Crippen molar-refractivity contribution in [1.82, 2.24) is 0 Å². The van der Waals surface area contributed by atoms with E-state index in [0.717, 1.165) is 10.5 Å². The van der Waals surface area contributed by atoms with E-state index >= 15 is 0 Å². The standard InChI is InChI=1S/C14H10ClNO4S/c1-8-6-9(16(19)20)2-5-13(8)21-10-3-4-12(15)11(7-10)14(17)18/h2-7H,1H3,(H,17,18). The summed E-state index contributed by atoms with van der Waals surface area (Å²) in [7, 11) is 0. The number of carboxylic acids is 1. The smallest absolute Gasteiger partial charge is 0.337 e. The van der Waals surface area contributed by atoms with Crippen molar-refractivity contribution < 1.29 is 14.8 Å². The normalized spacial score (nSPS) is 10.4. The predicted molar refractivity (Wildman–Crippen MR) is 80.4 cm³/mol. The van der Waals surface area contributed by atoms with Crippen LogP contribution in [0.2, 0.25) is 5.02 Å². The van der Waals surface area contributed by atoms with E-state index in [2.05, 4.69) is 0 Å². The summed E-state index contributed by atoms with van der Waals surface area (Å²) in [6.45, 7) is 1.77. The Kier molecular flexibility index (Phi) is 4.50. The van der Waals surface area contributed by atoms with Gasteiger partial charge in [0.25, 0.3) is 5.69 Å². The van der Waals surface area contributed by atoms with Crippen LogP contribution in [0.25, 0.3) is 0 Å². The van der Waals surface area contributed by atoms with Crippen molar-refractivity contribution in [2.45, 2.75) is 16.7 Å². The lowest BCUT2D eigenvalue weighted by Crippen LogP contribution is -1.97. The first kappa shape index (κ1) is 15.3. The highest BCUT2D eigenvalue weighted by molar-refractivity contribution is 7.99. The number of nitro benzene ring substituents is 1. The van der Waals surface area contributed by atoms with Gasteiger partial charge in [0, 0.05) is 21.9 Å². The quantitative estimate of drug-likeness (QED) is 0.666. The van der Waals surface area contributed by atoms with Gasteiger partial charge in [0.1, 0.15) is 0 Å². The molecule has 0 spiro atoms. The molecular formula is C14H10ClNO4S. The molecule has 0 unspecified atom stereocenters. The molecule has 5 nitrogen and oxygen atoms in total. The number of carbonyl (C=O) groups is 1. The molecule has 7 heteroatoms. The van der Waals surface area contributed by atoms with Gasteiger partial charge in [-0.15, -0.1) is 0 Å². The SMILES string of the molecule is Cc1cc([N+](=O)[O-])ccc1Sc1ccc(Cl)c(C(=O)O)c1. The van der Waals surface area contributed by atoms with E-state index in [-0.39, 0.29) is 16.3 Å². The van der Waals surface area contributed by atoms with Crippen LogP contribution < -0.4 is 0 Å². The van der Waals surface area contributed by atoms with E-state index in [1.165, 1.54) is 36.0 Å². The molecule has 0 atom stereocenters. The first-order valence-corrected chi connectivity index (χ1v) is 7.03. The first-order valence-electron chi connectivity index (χ1n) is 5.84. The highest BCUT2D eigenvalue weighted by Gasteiger charge is 2.12. The van der Waals surface area contributed by atoms with E-state index < -0.39 is 10.9 Å². The summed E-state index contributed by atoms with van der Waals surface area (Å²) in [5.74, 6) is -1.09. The van der Waals surface area contributed by atoms with Gasteiger partial charge >= 0.3 is 5.97 Å². The molecule has 108 valence electrons. The highest BCUT2D eigenvalue weighted by atomic mass is 35.5. The van der Waals surface area contributed by atoms with Crippen molar-refractivity contribution in [3.63, 3.8) is 0 Å². The Bertz CT molecular complexity index is 733. The number of halogens is 1. The topological polar surface area (TPSA) is 80.4 Å². The third-order valence-corrected chi connectivity index (χ3v) is 4.26. The molecule has 2 aromatic carbocycles. The Balaban J connectivity index is 2.32. The van der Waals surface area contributed by atoms with Gasteiger partial charge < -0.3 is 5.11 Å². The Morgan fingerprint density at radius 2 is 2.00 bits per heavy atom. The van der Waals surface area contributed by atoms with Crippen molar-refractivity contribution in [3.05, 3.63) is 62.7 Å². The highest BCUT2D eigenvalue weighted by Crippen LogP contribution is 2.33. The molecule has 0 saturated heterocycles. The number of aryl methyl sites for hydroxylation is 1. The molecule has 2 aromatic rings. The Hall–Kier alpha value is -2.05. The Morgan fingerprint density at radius 3 is 2.57 bits per heavy atom. The molecule has 2 rings (SSSR count). The second-order valence-corrected chi connectivity index (χ2v) is 5.78. The first-order chi connectivity index (χ1) is 9.88. The van der Waals surface area contributed by atoms with Gasteiger partial charge in [-0.3, -0.25) is 10.1 Å². The maximum atomic E-state index is 11.0. The van der Waals surface area contributed by atoms with Crippen LogP contribution in [0.4, 0.5) is 5.69 Å². The third-order valence-electron chi connectivity index (χ3n) is 2.77. The largest absolute Gasteiger partial charge is 0.478 e. The minimum Gasteiger partial charge on any atom is -0.478 e. The molecule has 0 aliphatic rings. The van der Waals surface area contributed by atoms with Gasteiger partial charge in [-0.25, -0.2) is 4.79 Å². The van der Waals surface area contributed by atoms with E-state index in [4.69, 9.17) is 16.7 Å². The number of carboxylic acid groups (broad SMARTS) is 1. The van der Waals surface area contributed by atoms with Gasteiger partial charge in [-0.05, 0) is 36.8 Å². The second kappa shape index (κ2) is 6.15. The van der Waals surface area contributed by atoms with Gasteiger partial charge in [-0.1, -0.05) is 23.4 Å². The van der Waals surface area contributed by atoms with E-state index in [1.807, 2.05) is 0 Å². The summed E-state index contributed by atoms with van der Waals surface area (Å²) in [4.78, 5) is 22.8. The molecule has 0 saturated carbocycles. The molecule has 0 bridgehead atoms. The summed E-state index contributed by atoms with van der Waals surface area (Å²) >= 11 is 7.15. The molecule has 0 aromatic heterocycles. The average molecular weight is 324 g/mol. The van der Waals surface area contributed by atoms with E-state index in [0.29, 0.717) is 4.90 Å². The van der Waals surface area contributed by atoms with Crippen LogP contribution in [-0.4, -0.2) is 16.0 Å². The van der Waals surface area contributed by atoms with Crippen LogP contribution in [-0.2, 0) is 0 Å². The number of nitro groups is 1. The van der Waals surface area contributed by atoms with Crippen LogP contribution in [0.3, 0.4) is 0 Å². The van der Waals surface area contributed by atoms with E-state index in [9.17, 15) is 14.9 Å². The van der Waals surface area contributed by atoms with Gasteiger partial charge in [0.05, 0.1) is 15.5 Å². The van der Waals surface area contributed by atoms with E-state index in [1.54, 1.807) is 19.1 Å². The number of aromatic carboxylic acids is 1. The Labute approximate surface area is 129 Å². The molecule has 0 heterocycles. The number of non-ortho nitro benzene ring substituents is 1. The maximum Gasteiger partial charge on any atom is 0.337 e. The minimum atomic E-state index is -1.09. The van der Waals surface area contributed by atoms with Crippen molar-refractivity contribution in [2.75, 3.05) is 0 Å². The molecule has 0 amide bonds. The maximum absolute atomic E-state index is 11.0. The zero-order valence-corrected chi connectivity index (χ0v) is 12.4. The minimum absolute atomic E-state index is 0.0270. The van der Waals surface area contributed by atoms with Crippen LogP contribution in [0.15, 0.2) is 46.2 Å². The summed E-state index contributed by atoms with van der Waals surface area (Å²) in [6, 6.07) is 9.26. The van der Waals surface area contributed by atoms with Crippen LogP contribution in [0, 0.1) is 17.0 Å². The lowest BCUT2D eigenvalue weighted by Gasteiger charge is -2.07. The average Bonchev–Trinajstić information content (AvgIpc) is 2.42. The fourth-order valence-electron chi connectivity index (χ4n) is 1.72. The van der Waals surface area contributed by atoms with Crippen molar-refractivity contribution in [2.24, 2.45) is 0 Å². The number of hydrogen-bond donors (Lipinski definition) is 1. The zero-order valence-electron chi connectivity index (χ0n) is 10.9. The second-order valence-electron chi connectivity index (χ2n) is 4.26. The van der Waals surface area contributed by atoms with Crippen LogP contribution in [0.1, 0.15) is 15.9 Å². The van der Waals surface area contributed by atoms with Crippen molar-refractivity contribution in [1.29, 1.82) is 0 Å². The fraction of sp³-hybridized carbons (Fsp3) is 0.0714. The molecule has 1 N–H and O–H groups in total. The molecule has 0 radical (unpaired) electrons. The van der Waals surface area contributed by atoms with Crippen molar-refractivity contribution in [3.8, 4) is 0 Å². The summed E-state index contributed by atoms with van der Waals surface area (Å²) in [5, 5.41) is 19.9. The van der Waals surface area contributed by atoms with Gasteiger partial charge in [0.15, 0.2) is 0 Å². The van der Waals surface area contributed by atoms with Gasteiger partial charge in [0.2, 0.25) is 0 Å². The monoisotopic (exact) mass is 323 g/mol. The molecule has 0 aliphatic carbocycles. The summed E-state index contributed by atoms with van der Waals surface area (Å²) in [6.07, 6.45) is 0. The zero-order chi connectivity index (χ0) is 15.6. The summed E-state index contributed by atoms with van der Waals surface area (Å²) < 4.78 is 0. The molecule has 0 fully saturated rings. The molecule has 0 aliphatic heterocycles. The Morgan fingerprint density at radius 1 is 1.29 bits per heavy atom. The number of rotatable bonds is 4. The fourth-order valence-corrected chi connectivity index (χ4v) is 2.84. The number of nitrogens with zero attached hydrogens (tertiary/aromatic N) is 1. The van der Waals surface area contributed by atoms with Crippen molar-refractivity contribution >= 4 is 35.0 Å². The lowest BCUT2D eigenvalue weighted by molar-refractivity contribution is -0.385. The number of benzene rings is 2. The van der Waals surface area contributed by atoms with Crippen LogP contribution in [0.5, 0.6) is 0 Å². The lowest BCUT2D eigenvalue weighted by atomic mass is 10.2. The molecular weight excluding hydrogens is 314 g/mol. The van der Waals surface area contributed by atoms with Crippen LogP contribution >= 0.6 is 23.4 Å². The number of hydrogen-bond acceptors (Lipinski definition) is 4. The van der Waals surface area contributed by atoms with Gasteiger partial charge in [-0.2, -0.15) is 0 Å². The predicted octanol–water partition coefficient (Wildman–Crippen LogP) is 4.41. The third kappa shape index (κ3) is 3.53. The molecule has 21 heavy (non-hydrogen) atoms. The summed E-state index contributed by atoms with van der Waals surface area (Å²) in [5.41, 5.74) is 0.807.